The van der Waals surface area contributed by atoms with E-state index in [0.29, 0.717) is 11.2 Å². The van der Waals surface area contributed by atoms with Crippen molar-refractivity contribution in [1.82, 2.24) is 0 Å². The lowest BCUT2D eigenvalue weighted by Crippen LogP contribution is -2.04. The molecule has 0 N–H and O–H groups in total. The average molecular weight is 255 g/mol. The third-order valence-corrected chi connectivity index (χ3v) is 5.03. The van der Waals surface area contributed by atoms with Gasteiger partial charge in [0.05, 0.1) is 0 Å². The zero-order chi connectivity index (χ0) is 11.0. The molecule has 0 unspecified atom stereocenters. The Hall–Kier alpha value is 0.660. The molecule has 0 amide bonds. The quantitative estimate of drug-likeness (QED) is 0.379. The summed E-state index contributed by atoms with van der Waals surface area (Å²) < 4.78 is 0.344. The maximum atomic E-state index is 10.4. The largest absolute Gasteiger partial charge is 0.281 e. The highest BCUT2D eigenvalue weighted by molar-refractivity contribution is 8.77. The van der Waals surface area contributed by atoms with Gasteiger partial charge in [-0.2, -0.15) is 0 Å². The first-order chi connectivity index (χ1) is 6.42. The summed E-state index contributed by atoms with van der Waals surface area (Å²) in [7, 11) is 3.84. The molecule has 1 nitrogen and oxygen atoms in total. The molecule has 0 aliphatic rings. The minimum Gasteiger partial charge on any atom is -0.281 e. The zero-order valence-electron chi connectivity index (χ0n) is 9.14. The summed E-state index contributed by atoms with van der Waals surface area (Å²) >= 11 is 5.23. The Morgan fingerprint density at radius 1 is 1.21 bits per heavy atom. The second-order valence-electron chi connectivity index (χ2n) is 4.18. The minimum atomic E-state index is -0.207. The third kappa shape index (κ3) is 12.7. The van der Waals surface area contributed by atoms with Crippen LogP contribution in [0.25, 0.3) is 0 Å². The highest BCUT2D eigenvalue weighted by Gasteiger charge is 2.10. The SMILES string of the molecule is CC(C)(C)SSCCCCCC(=O)Cl. The zero-order valence-corrected chi connectivity index (χ0v) is 11.5. The summed E-state index contributed by atoms with van der Waals surface area (Å²) in [6.07, 6.45) is 3.75. The van der Waals surface area contributed by atoms with Crippen LogP contribution >= 0.6 is 33.2 Å². The molecule has 0 aliphatic heterocycles. The van der Waals surface area contributed by atoms with Crippen molar-refractivity contribution in [3.63, 3.8) is 0 Å². The molecule has 0 radical (unpaired) electrons. The Morgan fingerprint density at radius 3 is 2.36 bits per heavy atom. The van der Waals surface area contributed by atoms with E-state index in [1.54, 1.807) is 0 Å². The van der Waals surface area contributed by atoms with Crippen molar-refractivity contribution in [1.29, 1.82) is 0 Å². The van der Waals surface area contributed by atoms with E-state index < -0.39 is 0 Å². The van der Waals surface area contributed by atoms with Gasteiger partial charge in [-0.05, 0) is 24.4 Å². The average Bonchev–Trinajstić information content (AvgIpc) is 2.00. The van der Waals surface area contributed by atoms with Crippen LogP contribution in [0.15, 0.2) is 0 Å². The Bertz CT molecular complexity index is 166. The lowest BCUT2D eigenvalue weighted by Gasteiger charge is -2.15. The van der Waals surface area contributed by atoms with Crippen molar-refractivity contribution >= 4 is 38.4 Å². The van der Waals surface area contributed by atoms with Crippen LogP contribution in [-0.2, 0) is 4.79 Å². The summed E-state index contributed by atoms with van der Waals surface area (Å²) in [5.41, 5.74) is 0. The first-order valence-corrected chi connectivity index (χ1v) is 7.60. The van der Waals surface area contributed by atoms with Crippen LogP contribution in [0, 0.1) is 0 Å². The molecule has 0 saturated heterocycles. The van der Waals surface area contributed by atoms with E-state index in [4.69, 9.17) is 11.6 Å². The first kappa shape index (κ1) is 14.7. The van der Waals surface area contributed by atoms with E-state index in [1.807, 2.05) is 21.6 Å². The predicted molar refractivity (Wildman–Crippen MR) is 69.1 cm³/mol. The molecule has 0 aliphatic carbocycles. The number of carbonyl (C=O) groups excluding carboxylic acids is 1. The van der Waals surface area contributed by atoms with Crippen LogP contribution in [0.3, 0.4) is 0 Å². The maximum absolute atomic E-state index is 10.4. The van der Waals surface area contributed by atoms with Gasteiger partial charge in [-0.25, -0.2) is 0 Å². The van der Waals surface area contributed by atoms with Gasteiger partial charge in [-0.15, -0.1) is 0 Å². The molecule has 0 aromatic rings. The minimum absolute atomic E-state index is 0.207. The van der Waals surface area contributed by atoms with Crippen LogP contribution < -0.4 is 0 Å². The second kappa shape index (κ2) is 7.89. The fourth-order valence-corrected chi connectivity index (χ4v) is 3.38. The molecule has 0 atom stereocenters. The van der Waals surface area contributed by atoms with Gasteiger partial charge < -0.3 is 0 Å². The highest BCUT2D eigenvalue weighted by Crippen LogP contribution is 2.35. The fraction of sp³-hybridized carbons (Fsp3) is 0.900. The number of unbranched alkanes of at least 4 members (excludes halogenated alkanes) is 2. The van der Waals surface area contributed by atoms with Crippen molar-refractivity contribution < 1.29 is 4.79 Å². The van der Waals surface area contributed by atoms with E-state index >= 15 is 0 Å². The molecule has 0 bridgehead atoms. The summed E-state index contributed by atoms with van der Waals surface area (Å²) in [4.78, 5) is 10.4. The molecule has 0 aromatic heterocycles. The van der Waals surface area contributed by atoms with Crippen LogP contribution in [-0.4, -0.2) is 15.7 Å². The van der Waals surface area contributed by atoms with Crippen LogP contribution in [0.4, 0.5) is 0 Å². The van der Waals surface area contributed by atoms with Gasteiger partial charge in [-0.1, -0.05) is 48.8 Å². The van der Waals surface area contributed by atoms with Crippen LogP contribution in [0.2, 0.25) is 0 Å². The number of carbonyl (C=O) groups is 1. The van der Waals surface area contributed by atoms with Gasteiger partial charge >= 0.3 is 0 Å². The molecule has 0 saturated carbocycles. The van der Waals surface area contributed by atoms with Gasteiger partial charge in [0.25, 0.3) is 0 Å². The summed E-state index contributed by atoms with van der Waals surface area (Å²) in [5.74, 6) is 1.17. The van der Waals surface area contributed by atoms with E-state index in [1.165, 1.54) is 12.2 Å². The lowest BCUT2D eigenvalue weighted by molar-refractivity contribution is -0.111. The molecule has 0 heterocycles. The van der Waals surface area contributed by atoms with Gasteiger partial charge in [0.1, 0.15) is 0 Å². The Morgan fingerprint density at radius 2 is 1.86 bits per heavy atom. The molecule has 0 aromatic carbocycles. The number of halogens is 1. The smallest absolute Gasteiger partial charge is 0.221 e. The van der Waals surface area contributed by atoms with Gasteiger partial charge in [0.15, 0.2) is 0 Å². The van der Waals surface area contributed by atoms with E-state index in [2.05, 4.69) is 20.8 Å². The molecule has 4 heteroatoms. The molecular weight excluding hydrogens is 236 g/mol. The van der Waals surface area contributed by atoms with Gasteiger partial charge in [0.2, 0.25) is 5.24 Å². The molecule has 0 rings (SSSR count). The summed E-state index contributed by atoms with van der Waals surface area (Å²) in [6.45, 7) is 6.66. The summed E-state index contributed by atoms with van der Waals surface area (Å²) in [6, 6.07) is 0. The number of hydrogen-bond donors (Lipinski definition) is 0. The number of hydrogen-bond acceptors (Lipinski definition) is 3. The van der Waals surface area contributed by atoms with E-state index in [-0.39, 0.29) is 5.24 Å². The van der Waals surface area contributed by atoms with Crippen LogP contribution in [0.1, 0.15) is 46.5 Å². The standard InChI is InChI=1S/C10H19ClOS2/c1-10(2,3)14-13-8-6-4-5-7-9(11)12/h4-8H2,1-3H3. The molecule has 0 fully saturated rings. The van der Waals surface area contributed by atoms with Crippen LogP contribution in [0.5, 0.6) is 0 Å². The maximum Gasteiger partial charge on any atom is 0.221 e. The second-order valence-corrected chi connectivity index (χ2v) is 7.85. The molecule has 0 spiro atoms. The van der Waals surface area contributed by atoms with Crippen molar-refractivity contribution in [3.8, 4) is 0 Å². The molecule has 84 valence electrons. The van der Waals surface area contributed by atoms with Crippen molar-refractivity contribution in [2.45, 2.75) is 51.2 Å². The number of rotatable bonds is 7. The fourth-order valence-electron chi connectivity index (χ4n) is 0.820. The van der Waals surface area contributed by atoms with E-state index in [0.717, 1.165) is 12.8 Å². The molecule has 14 heavy (non-hydrogen) atoms. The Labute approximate surface area is 100 Å². The van der Waals surface area contributed by atoms with Crippen molar-refractivity contribution in [2.24, 2.45) is 0 Å². The summed E-state index contributed by atoms with van der Waals surface area (Å²) in [5, 5.41) is -0.207. The van der Waals surface area contributed by atoms with Crippen molar-refractivity contribution in [2.75, 3.05) is 5.75 Å². The normalized spacial score (nSPS) is 11.7. The van der Waals surface area contributed by atoms with Gasteiger partial charge in [-0.3, -0.25) is 4.79 Å². The topological polar surface area (TPSA) is 17.1 Å². The Balaban J connectivity index is 3.11. The monoisotopic (exact) mass is 254 g/mol. The lowest BCUT2D eigenvalue weighted by atomic mass is 10.2. The third-order valence-electron chi connectivity index (χ3n) is 1.41. The Kier molecular flexibility index (Phi) is 8.26. The van der Waals surface area contributed by atoms with E-state index in [9.17, 15) is 4.79 Å². The van der Waals surface area contributed by atoms with Crippen molar-refractivity contribution in [3.05, 3.63) is 0 Å². The highest BCUT2D eigenvalue weighted by atomic mass is 35.5. The molecular formula is C10H19ClOS2. The predicted octanol–water partition coefficient (Wildman–Crippen LogP) is 4.49. The first-order valence-electron chi connectivity index (χ1n) is 4.91. The van der Waals surface area contributed by atoms with Gasteiger partial charge in [0, 0.05) is 16.9 Å².